The van der Waals surface area contributed by atoms with Crippen molar-refractivity contribution in [2.45, 2.75) is 133 Å². The van der Waals surface area contributed by atoms with Crippen LogP contribution in [-0.4, -0.2) is 146 Å². The van der Waals surface area contributed by atoms with Gasteiger partial charge < -0.3 is 58.1 Å². The fraction of sp³-hybridized carbons (Fsp3) is 0.714. The molecule has 11 N–H and O–H groups in total. The molecule has 56 heavy (non-hydrogen) atoms. The number of carbonyl (C=O) groups is 10. The molecule has 0 aromatic carbocycles. The summed E-state index contributed by atoms with van der Waals surface area (Å²) in [6.07, 6.45) is 0.191. The van der Waals surface area contributed by atoms with Crippen LogP contribution in [0.25, 0.3) is 0 Å². The number of hydrogen-bond acceptors (Lipinski definition) is 11. The number of aliphatic carboxylic acids is 2. The van der Waals surface area contributed by atoms with E-state index < -0.39 is 114 Å². The molecule has 3 aliphatic rings. The van der Waals surface area contributed by atoms with Crippen LogP contribution in [-0.2, 0) is 47.9 Å². The number of rotatable bonds is 20. The maximum Gasteiger partial charge on any atom is 0.326 e. The second-order valence-corrected chi connectivity index (χ2v) is 14.9. The average molecular weight is 794 g/mol. The number of nitrogens with two attached hydrogens (primary N) is 3. The molecule has 3 saturated heterocycles. The van der Waals surface area contributed by atoms with Crippen LogP contribution in [0.1, 0.15) is 90.9 Å². The van der Waals surface area contributed by atoms with Gasteiger partial charge in [-0.3, -0.25) is 43.2 Å². The molecule has 8 amide bonds. The molecule has 0 bridgehead atoms. The number of nitrogens with one attached hydrogen (secondary N) is 3. The third kappa shape index (κ3) is 12.3. The van der Waals surface area contributed by atoms with Gasteiger partial charge in [-0.1, -0.05) is 13.8 Å². The van der Waals surface area contributed by atoms with E-state index in [2.05, 4.69) is 16.0 Å². The summed E-state index contributed by atoms with van der Waals surface area (Å²) in [5.41, 5.74) is 16.1. The van der Waals surface area contributed by atoms with Gasteiger partial charge in [0, 0.05) is 32.5 Å². The number of carboxylic acids is 2. The van der Waals surface area contributed by atoms with Crippen LogP contribution in [0.15, 0.2) is 0 Å². The fourth-order valence-electron chi connectivity index (χ4n) is 7.37. The first-order chi connectivity index (χ1) is 26.3. The van der Waals surface area contributed by atoms with E-state index in [1.54, 1.807) is 0 Å². The van der Waals surface area contributed by atoms with Crippen LogP contribution in [0.2, 0.25) is 0 Å². The van der Waals surface area contributed by atoms with Crippen molar-refractivity contribution in [2.75, 3.05) is 19.6 Å². The topological polar surface area (TPSA) is 335 Å². The van der Waals surface area contributed by atoms with E-state index in [9.17, 15) is 58.2 Å². The summed E-state index contributed by atoms with van der Waals surface area (Å²) in [6, 6.07) is -8.39. The lowest BCUT2D eigenvalue weighted by Gasteiger charge is -2.34. The molecule has 7 atom stereocenters. The Balaban J connectivity index is 1.76. The van der Waals surface area contributed by atoms with Gasteiger partial charge in [-0.25, -0.2) is 4.79 Å². The number of amides is 8. The van der Waals surface area contributed by atoms with E-state index in [1.165, 1.54) is 9.80 Å². The number of nitrogens with zero attached hydrogens (tertiary/aromatic N) is 3. The maximum absolute atomic E-state index is 14.1. The lowest BCUT2D eigenvalue weighted by molar-refractivity contribution is -0.149. The van der Waals surface area contributed by atoms with E-state index in [4.69, 9.17) is 17.2 Å². The third-order valence-corrected chi connectivity index (χ3v) is 10.1. The van der Waals surface area contributed by atoms with Crippen LogP contribution in [0.4, 0.5) is 0 Å². The predicted molar refractivity (Wildman–Crippen MR) is 194 cm³/mol. The van der Waals surface area contributed by atoms with Crippen molar-refractivity contribution in [3.8, 4) is 0 Å². The van der Waals surface area contributed by atoms with Crippen LogP contribution in [0.5, 0.6) is 0 Å². The summed E-state index contributed by atoms with van der Waals surface area (Å²) in [6.45, 7) is 4.10. The number of carboxylic acid groups (broad SMARTS) is 2. The summed E-state index contributed by atoms with van der Waals surface area (Å²) in [5.74, 6) is -8.37. The van der Waals surface area contributed by atoms with Gasteiger partial charge in [0.25, 0.3) is 0 Å². The smallest absolute Gasteiger partial charge is 0.326 e. The van der Waals surface area contributed by atoms with Gasteiger partial charge in [0.05, 0.1) is 12.5 Å². The maximum atomic E-state index is 14.1. The molecule has 3 heterocycles. The van der Waals surface area contributed by atoms with E-state index in [0.29, 0.717) is 19.3 Å². The molecule has 0 spiro atoms. The third-order valence-electron chi connectivity index (χ3n) is 10.1. The Bertz CT molecular complexity index is 1540. The van der Waals surface area contributed by atoms with Gasteiger partial charge in [-0.15, -0.1) is 0 Å². The highest BCUT2D eigenvalue weighted by molar-refractivity contribution is 5.98. The van der Waals surface area contributed by atoms with Crippen LogP contribution >= 0.6 is 0 Å². The Morgan fingerprint density at radius 1 is 0.643 bits per heavy atom. The molecule has 312 valence electrons. The molecule has 3 fully saturated rings. The largest absolute Gasteiger partial charge is 0.481 e. The highest BCUT2D eigenvalue weighted by atomic mass is 16.4. The second-order valence-electron chi connectivity index (χ2n) is 14.9. The number of primary amides is 2. The summed E-state index contributed by atoms with van der Waals surface area (Å²) in [5, 5.41) is 26.5. The van der Waals surface area contributed by atoms with Crippen molar-refractivity contribution >= 4 is 59.2 Å². The molecule has 0 aromatic heterocycles. The van der Waals surface area contributed by atoms with Gasteiger partial charge >= 0.3 is 11.9 Å². The fourth-order valence-corrected chi connectivity index (χ4v) is 7.37. The number of hydrogen-bond donors (Lipinski definition) is 8. The molecule has 3 rings (SSSR count). The highest BCUT2D eigenvalue weighted by Gasteiger charge is 2.45. The Hall–Kier alpha value is -5.34. The lowest BCUT2D eigenvalue weighted by Crippen LogP contribution is -2.59. The van der Waals surface area contributed by atoms with Crippen LogP contribution in [0.3, 0.4) is 0 Å². The first-order valence-corrected chi connectivity index (χ1v) is 18.9. The molecular weight excluding hydrogens is 738 g/mol. The summed E-state index contributed by atoms with van der Waals surface area (Å²) >= 11 is 0. The Labute approximate surface area is 323 Å². The lowest BCUT2D eigenvalue weighted by atomic mass is 10.0. The molecule has 3 aliphatic heterocycles. The van der Waals surface area contributed by atoms with E-state index in [1.807, 2.05) is 13.8 Å². The van der Waals surface area contributed by atoms with Gasteiger partial charge in [-0.2, -0.15) is 0 Å². The normalized spacial score (nSPS) is 21.5. The quantitative estimate of drug-likeness (QED) is 0.0606. The highest BCUT2D eigenvalue weighted by Crippen LogP contribution is 2.27. The van der Waals surface area contributed by atoms with E-state index >= 15 is 0 Å². The van der Waals surface area contributed by atoms with Crippen molar-refractivity contribution in [3.63, 3.8) is 0 Å². The summed E-state index contributed by atoms with van der Waals surface area (Å²) in [4.78, 5) is 131. The standard InChI is InChI=1S/C35H55N9O12/c1-18(2)16-22(41-29(49)19(36)17-27(38)46)33(53)44-15-5-8-25(44)34(54)43-14-4-7-24(43)30(50)39-20(10-12-28(47)48)32(52)42-13-3-6-23(42)31(51)40-21(35(55)56)9-11-26(37)45/h18-25H,3-17,36H2,1-2H3,(H2,37,45)(H2,38,46)(H,39,50)(H,40,51)(H,41,49)(H,47,48)(H,55,56)/t19-,20-,21-,22-,23-,24-,25-/m0/s1. The predicted octanol–water partition coefficient (Wildman–Crippen LogP) is -3.12. The molecule has 0 saturated carbocycles. The van der Waals surface area contributed by atoms with E-state index in [0.717, 1.165) is 4.90 Å². The van der Waals surface area contributed by atoms with Gasteiger partial charge in [0.15, 0.2) is 0 Å². The van der Waals surface area contributed by atoms with Gasteiger partial charge in [0.1, 0.15) is 36.3 Å². The second kappa shape index (κ2) is 20.5. The van der Waals surface area contributed by atoms with Gasteiger partial charge in [0.2, 0.25) is 47.3 Å². The Kier molecular flexibility index (Phi) is 16.5. The monoisotopic (exact) mass is 793 g/mol. The van der Waals surface area contributed by atoms with Crippen LogP contribution in [0, 0.1) is 5.92 Å². The molecule has 21 nitrogen and oxygen atoms in total. The molecular formula is C35H55N9O12. The minimum Gasteiger partial charge on any atom is -0.481 e. The van der Waals surface area contributed by atoms with Crippen molar-refractivity contribution in [3.05, 3.63) is 0 Å². The van der Waals surface area contributed by atoms with Crippen molar-refractivity contribution in [2.24, 2.45) is 23.1 Å². The number of carbonyl (C=O) groups excluding carboxylic acids is 8. The Morgan fingerprint density at radius 3 is 1.64 bits per heavy atom. The molecule has 0 aliphatic carbocycles. The van der Waals surface area contributed by atoms with Crippen LogP contribution < -0.4 is 33.2 Å². The van der Waals surface area contributed by atoms with E-state index in [-0.39, 0.29) is 70.5 Å². The molecule has 0 radical (unpaired) electrons. The molecule has 21 heteroatoms. The average Bonchev–Trinajstić information content (AvgIpc) is 3.91. The first-order valence-electron chi connectivity index (χ1n) is 18.9. The SMILES string of the molecule is CC(C)C[C@H](NC(=O)[C@@H](N)CC(N)=O)C(=O)N1CCC[C@H]1C(=O)N1CCC[C@H]1C(=O)N[C@@H](CCC(=O)O)C(=O)N1CCC[C@H]1C(=O)N[C@@H](CCC(N)=O)C(=O)O. The molecule has 0 aromatic rings. The Morgan fingerprint density at radius 2 is 1.12 bits per heavy atom. The minimum atomic E-state index is -1.46. The molecule has 0 unspecified atom stereocenters. The van der Waals surface area contributed by atoms with Gasteiger partial charge in [-0.05, 0) is 63.7 Å². The van der Waals surface area contributed by atoms with Crippen molar-refractivity contribution in [1.29, 1.82) is 0 Å². The summed E-state index contributed by atoms with van der Waals surface area (Å²) in [7, 11) is 0. The first kappa shape index (κ1) is 45.1. The zero-order valence-corrected chi connectivity index (χ0v) is 31.8. The number of likely N-dealkylation sites (tertiary alicyclic amines) is 3. The summed E-state index contributed by atoms with van der Waals surface area (Å²) < 4.78 is 0. The zero-order chi connectivity index (χ0) is 41.9. The van der Waals surface area contributed by atoms with Crippen molar-refractivity contribution < 1.29 is 58.2 Å². The van der Waals surface area contributed by atoms with Crippen molar-refractivity contribution in [1.82, 2.24) is 30.7 Å². The zero-order valence-electron chi connectivity index (χ0n) is 31.8. The minimum absolute atomic E-state index is 0.0584.